The molecule has 0 bridgehead atoms. The summed E-state index contributed by atoms with van der Waals surface area (Å²) in [7, 11) is 0. The average Bonchev–Trinajstić information content (AvgIpc) is 3.44. The van der Waals surface area contributed by atoms with Crippen molar-refractivity contribution in [2.45, 2.75) is 45.4 Å². The molecule has 2 aliphatic heterocycles. The van der Waals surface area contributed by atoms with E-state index >= 15 is 0 Å². The lowest BCUT2D eigenvalue weighted by Crippen LogP contribution is -2.53. The first-order valence-corrected chi connectivity index (χ1v) is 10.5. The summed E-state index contributed by atoms with van der Waals surface area (Å²) < 4.78 is 13.8. The Kier molecular flexibility index (Phi) is 6.41. The smallest absolute Gasteiger partial charge is 0.194 e. The molecule has 2 fully saturated rings. The van der Waals surface area contributed by atoms with E-state index in [-0.39, 0.29) is 12.2 Å². The van der Waals surface area contributed by atoms with E-state index in [9.17, 15) is 0 Å². The number of aromatic nitrogens is 3. The molecule has 4 heterocycles. The SMILES string of the molecule is CCNC(=NCc1ccc(-n2ccnc2C)nc1)N1CCOC(C2CCCO2)C1. The Balaban J connectivity index is 1.42. The molecule has 8 nitrogen and oxygen atoms in total. The fourth-order valence-electron chi connectivity index (χ4n) is 3.85. The van der Waals surface area contributed by atoms with Gasteiger partial charge in [0.2, 0.25) is 0 Å². The summed E-state index contributed by atoms with van der Waals surface area (Å²) in [5, 5.41) is 3.42. The van der Waals surface area contributed by atoms with Crippen molar-refractivity contribution in [2.75, 3.05) is 32.8 Å². The molecule has 0 aliphatic carbocycles. The molecule has 29 heavy (non-hydrogen) atoms. The number of guanidine groups is 1. The Morgan fingerprint density at radius 3 is 2.83 bits per heavy atom. The standard InChI is InChI=1S/C21H30N6O2/c1-3-22-21(26-10-12-29-19(15-26)18-5-4-11-28-18)25-14-17-6-7-20(24-13-17)27-9-8-23-16(27)2/h6-9,13,18-19H,3-5,10-12,14-15H2,1-2H3,(H,22,25). The van der Waals surface area contributed by atoms with Crippen LogP contribution in [0.1, 0.15) is 31.2 Å². The molecular formula is C21H30N6O2. The minimum Gasteiger partial charge on any atom is -0.375 e. The maximum absolute atomic E-state index is 5.97. The van der Waals surface area contributed by atoms with Gasteiger partial charge < -0.3 is 19.7 Å². The molecule has 4 rings (SSSR count). The molecule has 8 heteroatoms. The van der Waals surface area contributed by atoms with Crippen LogP contribution in [0.2, 0.25) is 0 Å². The zero-order chi connectivity index (χ0) is 20.1. The van der Waals surface area contributed by atoms with Crippen LogP contribution in [0.3, 0.4) is 0 Å². The van der Waals surface area contributed by atoms with Crippen LogP contribution in [0, 0.1) is 6.92 Å². The largest absolute Gasteiger partial charge is 0.375 e. The molecule has 2 unspecified atom stereocenters. The molecular weight excluding hydrogens is 368 g/mol. The lowest BCUT2D eigenvalue weighted by molar-refractivity contribution is -0.0817. The highest BCUT2D eigenvalue weighted by Gasteiger charge is 2.32. The first kappa shape index (κ1) is 19.8. The van der Waals surface area contributed by atoms with Gasteiger partial charge >= 0.3 is 0 Å². The molecule has 156 valence electrons. The third-order valence-electron chi connectivity index (χ3n) is 5.40. The Morgan fingerprint density at radius 2 is 2.14 bits per heavy atom. The molecule has 1 N–H and O–H groups in total. The van der Waals surface area contributed by atoms with E-state index in [1.54, 1.807) is 6.20 Å². The van der Waals surface area contributed by atoms with E-state index in [2.05, 4.69) is 33.2 Å². The second kappa shape index (κ2) is 9.37. The van der Waals surface area contributed by atoms with E-state index in [1.807, 2.05) is 30.0 Å². The quantitative estimate of drug-likeness (QED) is 0.613. The minimum atomic E-state index is 0.120. The van der Waals surface area contributed by atoms with Crippen LogP contribution in [-0.2, 0) is 16.0 Å². The van der Waals surface area contributed by atoms with Gasteiger partial charge in [-0.3, -0.25) is 4.57 Å². The van der Waals surface area contributed by atoms with Gasteiger partial charge in [0.25, 0.3) is 0 Å². The maximum atomic E-state index is 5.97. The van der Waals surface area contributed by atoms with Crippen molar-refractivity contribution in [2.24, 2.45) is 4.99 Å². The predicted molar refractivity (Wildman–Crippen MR) is 111 cm³/mol. The van der Waals surface area contributed by atoms with Gasteiger partial charge in [0.05, 0.1) is 19.3 Å². The van der Waals surface area contributed by atoms with Crippen LogP contribution in [0.25, 0.3) is 5.82 Å². The normalized spacial score (nSPS) is 22.8. The lowest BCUT2D eigenvalue weighted by atomic mass is 10.1. The van der Waals surface area contributed by atoms with Crippen molar-refractivity contribution < 1.29 is 9.47 Å². The van der Waals surface area contributed by atoms with Gasteiger partial charge in [0.1, 0.15) is 17.7 Å². The van der Waals surface area contributed by atoms with E-state index in [0.717, 1.165) is 62.2 Å². The highest BCUT2D eigenvalue weighted by Crippen LogP contribution is 2.21. The molecule has 0 radical (unpaired) electrons. The van der Waals surface area contributed by atoms with Crippen molar-refractivity contribution in [3.8, 4) is 5.82 Å². The highest BCUT2D eigenvalue weighted by atomic mass is 16.5. The Morgan fingerprint density at radius 1 is 1.24 bits per heavy atom. The van der Waals surface area contributed by atoms with Crippen LogP contribution in [0.5, 0.6) is 0 Å². The van der Waals surface area contributed by atoms with Crippen LogP contribution in [0.4, 0.5) is 0 Å². The van der Waals surface area contributed by atoms with E-state index in [0.29, 0.717) is 13.2 Å². The summed E-state index contributed by atoms with van der Waals surface area (Å²) >= 11 is 0. The maximum Gasteiger partial charge on any atom is 0.194 e. The molecule has 2 aromatic heterocycles. The van der Waals surface area contributed by atoms with Gasteiger partial charge in [-0.25, -0.2) is 15.0 Å². The summed E-state index contributed by atoms with van der Waals surface area (Å²) in [4.78, 5) is 16.0. The molecule has 2 aromatic rings. The first-order valence-electron chi connectivity index (χ1n) is 10.5. The Labute approximate surface area is 172 Å². The van der Waals surface area contributed by atoms with Gasteiger partial charge in [-0.05, 0) is 38.3 Å². The van der Waals surface area contributed by atoms with Crippen LogP contribution >= 0.6 is 0 Å². The predicted octanol–water partition coefficient (Wildman–Crippen LogP) is 1.92. The third-order valence-corrected chi connectivity index (χ3v) is 5.40. The summed E-state index contributed by atoms with van der Waals surface area (Å²) in [6.07, 6.45) is 8.13. The number of nitrogens with zero attached hydrogens (tertiary/aromatic N) is 5. The van der Waals surface area contributed by atoms with Gasteiger partial charge in [0, 0.05) is 44.8 Å². The lowest BCUT2D eigenvalue weighted by Gasteiger charge is -2.37. The van der Waals surface area contributed by atoms with Gasteiger partial charge in [-0.1, -0.05) is 6.07 Å². The highest BCUT2D eigenvalue weighted by molar-refractivity contribution is 5.80. The summed E-state index contributed by atoms with van der Waals surface area (Å²) in [6, 6.07) is 4.08. The van der Waals surface area contributed by atoms with Crippen molar-refractivity contribution in [1.82, 2.24) is 24.8 Å². The van der Waals surface area contributed by atoms with Crippen molar-refractivity contribution in [3.05, 3.63) is 42.1 Å². The summed E-state index contributed by atoms with van der Waals surface area (Å²) in [5.74, 6) is 2.71. The number of hydrogen-bond acceptors (Lipinski definition) is 5. The summed E-state index contributed by atoms with van der Waals surface area (Å²) in [5.41, 5.74) is 1.07. The minimum absolute atomic E-state index is 0.120. The zero-order valence-electron chi connectivity index (χ0n) is 17.3. The fourth-order valence-corrected chi connectivity index (χ4v) is 3.85. The molecule has 0 aromatic carbocycles. The molecule has 2 saturated heterocycles. The average molecular weight is 399 g/mol. The second-order valence-electron chi connectivity index (χ2n) is 7.45. The number of ether oxygens (including phenoxy) is 2. The number of aliphatic imine (C=N–C) groups is 1. The molecule has 0 amide bonds. The van der Waals surface area contributed by atoms with E-state index in [1.165, 1.54) is 0 Å². The summed E-state index contributed by atoms with van der Waals surface area (Å²) in [6.45, 7) is 8.68. The zero-order valence-corrected chi connectivity index (χ0v) is 17.3. The Hall–Kier alpha value is -2.45. The molecule has 0 spiro atoms. The van der Waals surface area contributed by atoms with Crippen molar-refractivity contribution in [1.29, 1.82) is 0 Å². The monoisotopic (exact) mass is 398 g/mol. The van der Waals surface area contributed by atoms with Crippen LogP contribution in [-0.4, -0.2) is 70.5 Å². The first-order chi connectivity index (χ1) is 14.2. The fraction of sp³-hybridized carbons (Fsp3) is 0.571. The van der Waals surface area contributed by atoms with Crippen LogP contribution < -0.4 is 5.32 Å². The molecule has 2 atom stereocenters. The second-order valence-corrected chi connectivity index (χ2v) is 7.45. The number of hydrogen-bond donors (Lipinski definition) is 1. The number of pyridine rings is 1. The van der Waals surface area contributed by atoms with Gasteiger partial charge in [-0.15, -0.1) is 0 Å². The Bertz CT molecular complexity index is 813. The third kappa shape index (κ3) is 4.76. The van der Waals surface area contributed by atoms with Crippen LogP contribution in [0.15, 0.2) is 35.7 Å². The number of nitrogens with one attached hydrogen (secondary N) is 1. The molecule has 0 saturated carbocycles. The van der Waals surface area contributed by atoms with Crippen molar-refractivity contribution >= 4 is 5.96 Å². The van der Waals surface area contributed by atoms with E-state index < -0.39 is 0 Å². The van der Waals surface area contributed by atoms with E-state index in [4.69, 9.17) is 14.5 Å². The van der Waals surface area contributed by atoms with Gasteiger partial charge in [-0.2, -0.15) is 0 Å². The number of rotatable bonds is 5. The number of morpholine rings is 1. The van der Waals surface area contributed by atoms with Gasteiger partial charge in [0.15, 0.2) is 5.96 Å². The van der Waals surface area contributed by atoms with Crippen molar-refractivity contribution in [3.63, 3.8) is 0 Å². The number of aryl methyl sites for hydroxylation is 1. The number of imidazole rings is 1. The molecule has 2 aliphatic rings. The topological polar surface area (TPSA) is 76.8 Å².